The maximum Gasteiger partial charge on any atom is 0.253 e. The van der Waals surface area contributed by atoms with Gasteiger partial charge in [0.05, 0.1) is 22.7 Å². The van der Waals surface area contributed by atoms with Crippen molar-refractivity contribution < 1.29 is 14.3 Å². The Morgan fingerprint density at radius 3 is 2.62 bits per heavy atom. The zero-order valence-corrected chi connectivity index (χ0v) is 22.6. The molecular weight excluding hydrogens is 523 g/mol. The first-order chi connectivity index (χ1) is 18.9. The summed E-state index contributed by atoms with van der Waals surface area (Å²) in [5.74, 6) is 0.312. The molecule has 0 spiro atoms. The Hall–Kier alpha value is -3.83. The molecule has 12 heteroatoms. The number of carbonyl (C=O) groups excluding carboxylic acids is 1. The third kappa shape index (κ3) is 5.50. The molecule has 0 unspecified atom stereocenters. The SMILES string of the molecule is CCc1cnc(N2CCC(n3cc(F)c4c(Nc5ccc(C(=O)N(C)CCO)cc5Cl)ncnc43)CC2)nc1. The lowest BCUT2D eigenvalue weighted by molar-refractivity contribution is 0.0767. The Bertz CT molecular complexity index is 1470. The fraction of sp³-hybridized carbons (Fsp3) is 0.370. The van der Waals surface area contributed by atoms with E-state index in [1.54, 1.807) is 19.2 Å². The molecule has 0 aliphatic carbocycles. The van der Waals surface area contributed by atoms with Crippen molar-refractivity contribution in [2.75, 3.05) is 43.5 Å². The highest BCUT2D eigenvalue weighted by atomic mass is 35.5. The Kier molecular flexibility index (Phi) is 7.89. The van der Waals surface area contributed by atoms with E-state index in [0.717, 1.165) is 37.9 Å². The molecule has 1 amide bonds. The number of piperidine rings is 1. The summed E-state index contributed by atoms with van der Waals surface area (Å²) in [5.41, 5.74) is 2.46. The molecule has 0 radical (unpaired) electrons. The van der Waals surface area contributed by atoms with Gasteiger partial charge in [0.1, 0.15) is 17.8 Å². The molecule has 2 N–H and O–H groups in total. The molecule has 39 heavy (non-hydrogen) atoms. The summed E-state index contributed by atoms with van der Waals surface area (Å²) in [7, 11) is 1.60. The van der Waals surface area contributed by atoms with E-state index in [9.17, 15) is 4.79 Å². The van der Waals surface area contributed by atoms with E-state index in [-0.39, 0.29) is 41.3 Å². The first-order valence-electron chi connectivity index (χ1n) is 12.9. The maximum absolute atomic E-state index is 15.3. The number of aliphatic hydroxyl groups is 1. The van der Waals surface area contributed by atoms with Crippen LogP contribution in [0.25, 0.3) is 11.0 Å². The van der Waals surface area contributed by atoms with Crippen LogP contribution in [0.4, 0.5) is 21.8 Å². The molecule has 10 nitrogen and oxygen atoms in total. The van der Waals surface area contributed by atoms with Crippen molar-refractivity contribution in [3.8, 4) is 0 Å². The largest absolute Gasteiger partial charge is 0.395 e. The number of aromatic nitrogens is 5. The Morgan fingerprint density at radius 1 is 1.21 bits per heavy atom. The van der Waals surface area contributed by atoms with E-state index in [4.69, 9.17) is 16.7 Å². The van der Waals surface area contributed by atoms with Crippen molar-refractivity contribution in [2.24, 2.45) is 0 Å². The number of amides is 1. The van der Waals surface area contributed by atoms with Gasteiger partial charge in [0.25, 0.3) is 5.91 Å². The van der Waals surface area contributed by atoms with Crippen LogP contribution in [0.1, 0.15) is 41.7 Å². The van der Waals surface area contributed by atoms with E-state index in [0.29, 0.717) is 22.8 Å². The zero-order chi connectivity index (χ0) is 27.5. The molecule has 1 saturated heterocycles. The van der Waals surface area contributed by atoms with Gasteiger partial charge in [-0.2, -0.15) is 0 Å². The van der Waals surface area contributed by atoms with Crippen LogP contribution in [0.5, 0.6) is 0 Å². The minimum Gasteiger partial charge on any atom is -0.395 e. The normalized spacial score (nSPS) is 14.1. The number of halogens is 2. The van der Waals surface area contributed by atoms with Gasteiger partial charge in [-0.1, -0.05) is 18.5 Å². The van der Waals surface area contributed by atoms with Crippen LogP contribution in [-0.2, 0) is 6.42 Å². The minimum absolute atomic E-state index is 0.0655. The zero-order valence-electron chi connectivity index (χ0n) is 21.8. The molecule has 5 rings (SSSR count). The molecule has 0 saturated carbocycles. The van der Waals surface area contributed by atoms with Crippen molar-refractivity contribution in [3.05, 3.63) is 65.1 Å². The first-order valence-corrected chi connectivity index (χ1v) is 13.3. The molecule has 1 aromatic carbocycles. The van der Waals surface area contributed by atoms with Gasteiger partial charge in [-0.3, -0.25) is 4.79 Å². The molecule has 204 valence electrons. The summed E-state index contributed by atoms with van der Waals surface area (Å²) in [6.45, 7) is 3.65. The molecule has 0 bridgehead atoms. The van der Waals surface area contributed by atoms with Crippen LogP contribution < -0.4 is 10.2 Å². The third-order valence-corrected chi connectivity index (χ3v) is 7.37. The minimum atomic E-state index is -0.428. The number of nitrogens with zero attached hydrogens (tertiary/aromatic N) is 7. The van der Waals surface area contributed by atoms with Crippen molar-refractivity contribution in [3.63, 3.8) is 0 Å². The summed E-state index contributed by atoms with van der Waals surface area (Å²) in [5, 5.41) is 12.7. The predicted octanol–water partition coefficient (Wildman–Crippen LogP) is 4.23. The number of hydrogen-bond donors (Lipinski definition) is 2. The summed E-state index contributed by atoms with van der Waals surface area (Å²) in [4.78, 5) is 33.7. The fourth-order valence-corrected chi connectivity index (χ4v) is 5.03. The van der Waals surface area contributed by atoms with E-state index < -0.39 is 5.82 Å². The van der Waals surface area contributed by atoms with Gasteiger partial charge in [-0.25, -0.2) is 24.3 Å². The van der Waals surface area contributed by atoms with Crippen molar-refractivity contribution >= 4 is 46.0 Å². The summed E-state index contributed by atoms with van der Waals surface area (Å²) >= 11 is 6.46. The summed E-state index contributed by atoms with van der Waals surface area (Å²) < 4.78 is 17.2. The number of aryl methyl sites for hydroxylation is 1. The number of rotatable bonds is 8. The van der Waals surface area contributed by atoms with E-state index in [2.05, 4.69) is 37.1 Å². The number of fused-ring (bicyclic) bond motifs is 1. The Balaban J connectivity index is 1.34. The topological polar surface area (TPSA) is 112 Å². The quantitative estimate of drug-likeness (QED) is 0.334. The molecule has 3 aromatic heterocycles. The highest BCUT2D eigenvalue weighted by Gasteiger charge is 2.26. The van der Waals surface area contributed by atoms with E-state index in [1.165, 1.54) is 23.5 Å². The lowest BCUT2D eigenvalue weighted by Gasteiger charge is -2.32. The molecule has 1 fully saturated rings. The van der Waals surface area contributed by atoms with Gasteiger partial charge in [-0.15, -0.1) is 0 Å². The van der Waals surface area contributed by atoms with Crippen LogP contribution in [0, 0.1) is 5.82 Å². The van der Waals surface area contributed by atoms with Crippen LogP contribution in [-0.4, -0.2) is 73.7 Å². The van der Waals surface area contributed by atoms with E-state index >= 15 is 4.39 Å². The van der Waals surface area contributed by atoms with Gasteiger partial charge in [0, 0.05) is 56.9 Å². The van der Waals surface area contributed by atoms with Crippen LogP contribution >= 0.6 is 11.6 Å². The monoisotopic (exact) mass is 552 g/mol. The second kappa shape index (κ2) is 11.5. The van der Waals surface area contributed by atoms with Gasteiger partial charge in [0.15, 0.2) is 5.82 Å². The molecule has 1 aliphatic heterocycles. The number of hydrogen-bond acceptors (Lipinski definition) is 8. The smallest absolute Gasteiger partial charge is 0.253 e. The predicted molar refractivity (Wildman–Crippen MR) is 148 cm³/mol. The second-order valence-electron chi connectivity index (χ2n) is 9.54. The Labute approximate surface area is 230 Å². The number of carbonyl (C=O) groups is 1. The van der Waals surface area contributed by atoms with Crippen molar-refractivity contribution in [1.82, 2.24) is 29.4 Å². The van der Waals surface area contributed by atoms with E-state index in [1.807, 2.05) is 17.0 Å². The highest BCUT2D eigenvalue weighted by Crippen LogP contribution is 2.34. The standard InChI is InChI=1S/C27H30ClFN8O2/c1-3-17-13-30-27(31-14-17)36-8-6-19(7-9-36)37-15-21(29)23-24(32-16-33-25(23)37)34-22-5-4-18(12-20(22)28)26(39)35(2)10-11-38/h4-5,12-16,19,38H,3,6-11H2,1-2H3,(H,32,33,34). The molecule has 4 heterocycles. The molecule has 1 aliphatic rings. The Morgan fingerprint density at radius 2 is 1.95 bits per heavy atom. The number of likely N-dealkylation sites (N-methyl/N-ethyl adjacent to an activating group) is 1. The lowest BCUT2D eigenvalue weighted by Crippen LogP contribution is -2.35. The highest BCUT2D eigenvalue weighted by molar-refractivity contribution is 6.33. The van der Waals surface area contributed by atoms with Gasteiger partial charge in [-0.05, 0) is 43.0 Å². The third-order valence-electron chi connectivity index (χ3n) is 7.05. The molecular formula is C27H30ClFN8O2. The number of benzene rings is 1. The molecule has 4 aromatic rings. The molecule has 0 atom stereocenters. The summed E-state index contributed by atoms with van der Waals surface area (Å²) in [6.07, 6.45) is 9.09. The second-order valence-corrected chi connectivity index (χ2v) is 9.95. The van der Waals surface area contributed by atoms with Gasteiger partial charge >= 0.3 is 0 Å². The van der Waals surface area contributed by atoms with Crippen molar-refractivity contribution in [1.29, 1.82) is 0 Å². The van der Waals surface area contributed by atoms with Gasteiger partial charge in [0.2, 0.25) is 5.95 Å². The van der Waals surface area contributed by atoms with Crippen LogP contribution in [0.3, 0.4) is 0 Å². The van der Waals surface area contributed by atoms with Crippen LogP contribution in [0.15, 0.2) is 43.1 Å². The summed E-state index contributed by atoms with van der Waals surface area (Å²) in [6, 6.07) is 4.87. The average Bonchev–Trinajstić information content (AvgIpc) is 3.31. The number of anilines is 3. The lowest BCUT2D eigenvalue weighted by atomic mass is 10.1. The number of aliphatic hydroxyl groups excluding tert-OH is 1. The fourth-order valence-electron chi connectivity index (χ4n) is 4.80. The first kappa shape index (κ1) is 26.8. The average molecular weight is 553 g/mol. The maximum atomic E-state index is 15.3. The van der Waals surface area contributed by atoms with Gasteiger partial charge < -0.3 is 24.8 Å². The van der Waals surface area contributed by atoms with Crippen molar-refractivity contribution in [2.45, 2.75) is 32.2 Å². The number of nitrogens with one attached hydrogen (secondary N) is 1. The van der Waals surface area contributed by atoms with Crippen LogP contribution in [0.2, 0.25) is 5.02 Å².